The van der Waals surface area contributed by atoms with Crippen molar-refractivity contribution in [3.05, 3.63) is 88.3 Å². The van der Waals surface area contributed by atoms with Gasteiger partial charge in [-0.1, -0.05) is 33.6 Å². The van der Waals surface area contributed by atoms with Crippen LogP contribution in [0.15, 0.2) is 75.8 Å². The predicted octanol–water partition coefficient (Wildman–Crippen LogP) is 5.44. The van der Waals surface area contributed by atoms with Crippen LogP contribution in [0.2, 0.25) is 0 Å². The van der Waals surface area contributed by atoms with Crippen LogP contribution < -0.4 is 4.90 Å². The number of anilines is 1. The summed E-state index contributed by atoms with van der Waals surface area (Å²) in [6.07, 6.45) is 2.93. The van der Waals surface area contributed by atoms with Gasteiger partial charge in [-0.2, -0.15) is 0 Å². The van der Waals surface area contributed by atoms with Gasteiger partial charge in [-0.3, -0.25) is 9.59 Å². The monoisotopic (exact) mass is 480 g/mol. The second-order valence-corrected chi connectivity index (χ2v) is 8.83. The lowest BCUT2D eigenvalue weighted by atomic mass is 9.94. The molecule has 0 atom stereocenters. The van der Waals surface area contributed by atoms with Gasteiger partial charge in [0, 0.05) is 34.7 Å². The highest BCUT2D eigenvalue weighted by Gasteiger charge is 2.31. The number of aryl methyl sites for hydroxylation is 1. The first-order valence-corrected chi connectivity index (χ1v) is 11.3. The number of hydrogen-bond donors (Lipinski definition) is 0. The summed E-state index contributed by atoms with van der Waals surface area (Å²) in [5, 5.41) is 0. The van der Waals surface area contributed by atoms with Crippen LogP contribution in [0.25, 0.3) is 0 Å². The zero-order chi connectivity index (χ0) is 21.8. The Hall–Kier alpha value is -2.86. The number of furan rings is 1. The molecule has 0 unspecified atom stereocenters. The van der Waals surface area contributed by atoms with Crippen LogP contribution in [0.4, 0.5) is 5.69 Å². The van der Waals surface area contributed by atoms with Crippen molar-refractivity contribution in [3.63, 3.8) is 0 Å². The maximum absolute atomic E-state index is 13.5. The number of amides is 2. The molecule has 6 heteroatoms. The highest BCUT2D eigenvalue weighted by atomic mass is 79.9. The molecule has 0 radical (unpaired) electrons. The quantitative estimate of drug-likeness (QED) is 0.488. The summed E-state index contributed by atoms with van der Waals surface area (Å²) in [6, 6.07) is 19.1. The number of likely N-dealkylation sites (tertiary alicyclic amines) is 1. The molecule has 0 aliphatic carbocycles. The van der Waals surface area contributed by atoms with Crippen LogP contribution >= 0.6 is 15.9 Å². The summed E-state index contributed by atoms with van der Waals surface area (Å²) in [5.74, 6) is 0.724. The minimum Gasteiger partial charge on any atom is -0.467 e. The second kappa shape index (κ2) is 9.52. The van der Waals surface area contributed by atoms with E-state index in [1.807, 2.05) is 72.5 Å². The van der Waals surface area contributed by atoms with E-state index in [9.17, 15) is 9.59 Å². The van der Waals surface area contributed by atoms with Crippen molar-refractivity contribution in [1.82, 2.24) is 4.90 Å². The molecule has 5 nitrogen and oxygen atoms in total. The summed E-state index contributed by atoms with van der Waals surface area (Å²) in [7, 11) is 0. The molecule has 3 aromatic rings. The molecular weight excluding hydrogens is 456 g/mol. The molecule has 0 saturated carbocycles. The Morgan fingerprint density at radius 2 is 1.71 bits per heavy atom. The van der Waals surface area contributed by atoms with Crippen LogP contribution in [0.5, 0.6) is 0 Å². The number of nitrogens with zero attached hydrogens (tertiary/aromatic N) is 2. The van der Waals surface area contributed by atoms with Gasteiger partial charge in [-0.25, -0.2) is 0 Å². The number of carbonyl (C=O) groups excluding carboxylic acids is 2. The normalized spacial score (nSPS) is 14.5. The predicted molar refractivity (Wildman–Crippen MR) is 124 cm³/mol. The van der Waals surface area contributed by atoms with Crippen LogP contribution in [0, 0.1) is 12.8 Å². The van der Waals surface area contributed by atoms with Crippen LogP contribution in [0.1, 0.15) is 34.5 Å². The average molecular weight is 481 g/mol. The standard InChI is InChI=1S/C25H25BrN2O3/c1-18-4-10-22(11-5-18)28(17-23-3-2-16-31-23)25(30)20-12-14-27(15-13-20)24(29)19-6-8-21(26)9-7-19/h2-11,16,20H,12-15,17H2,1H3. The fraction of sp³-hybridized carbons (Fsp3) is 0.280. The smallest absolute Gasteiger partial charge is 0.253 e. The summed E-state index contributed by atoms with van der Waals surface area (Å²) >= 11 is 3.40. The maximum atomic E-state index is 13.5. The van der Waals surface area contributed by atoms with Gasteiger partial charge in [-0.15, -0.1) is 0 Å². The number of rotatable bonds is 5. The van der Waals surface area contributed by atoms with E-state index >= 15 is 0 Å². The third-order valence-electron chi connectivity index (χ3n) is 5.73. The molecule has 2 amide bonds. The Bertz CT molecular complexity index is 1020. The first-order chi connectivity index (χ1) is 15.0. The second-order valence-electron chi connectivity index (χ2n) is 7.91. The highest BCUT2D eigenvalue weighted by Crippen LogP contribution is 2.26. The first kappa shape index (κ1) is 21.4. The van der Waals surface area contributed by atoms with Gasteiger partial charge in [0.05, 0.1) is 12.8 Å². The molecule has 1 saturated heterocycles. The summed E-state index contributed by atoms with van der Waals surface area (Å²) < 4.78 is 6.45. The third-order valence-corrected chi connectivity index (χ3v) is 6.26. The Kier molecular flexibility index (Phi) is 6.56. The maximum Gasteiger partial charge on any atom is 0.253 e. The minimum atomic E-state index is -0.120. The van der Waals surface area contributed by atoms with Crippen molar-refractivity contribution in [1.29, 1.82) is 0 Å². The van der Waals surface area contributed by atoms with Crippen molar-refractivity contribution in [2.24, 2.45) is 5.92 Å². The Labute approximate surface area is 190 Å². The van der Waals surface area contributed by atoms with E-state index in [2.05, 4.69) is 15.9 Å². The van der Waals surface area contributed by atoms with E-state index < -0.39 is 0 Å². The van der Waals surface area contributed by atoms with Gasteiger partial charge in [-0.05, 0) is 68.3 Å². The van der Waals surface area contributed by atoms with Crippen molar-refractivity contribution in [3.8, 4) is 0 Å². The van der Waals surface area contributed by atoms with Crippen LogP contribution in [-0.2, 0) is 11.3 Å². The van der Waals surface area contributed by atoms with Gasteiger partial charge in [0.15, 0.2) is 0 Å². The molecule has 31 heavy (non-hydrogen) atoms. The lowest BCUT2D eigenvalue weighted by Crippen LogP contribution is -2.44. The topological polar surface area (TPSA) is 53.8 Å². The van der Waals surface area contributed by atoms with Gasteiger partial charge in [0.25, 0.3) is 5.91 Å². The zero-order valence-electron chi connectivity index (χ0n) is 17.5. The molecule has 1 aliphatic rings. The molecule has 4 rings (SSSR count). The number of hydrogen-bond acceptors (Lipinski definition) is 3. The summed E-state index contributed by atoms with van der Waals surface area (Å²) in [4.78, 5) is 29.9. The first-order valence-electron chi connectivity index (χ1n) is 10.5. The molecule has 1 aromatic heterocycles. The SMILES string of the molecule is Cc1ccc(N(Cc2ccco2)C(=O)C2CCN(C(=O)c3ccc(Br)cc3)CC2)cc1. The fourth-order valence-corrected chi connectivity index (χ4v) is 4.17. The number of halogens is 1. The Balaban J connectivity index is 1.45. The number of benzene rings is 2. The number of carbonyl (C=O) groups is 2. The molecule has 0 bridgehead atoms. The molecule has 160 valence electrons. The molecule has 1 aliphatic heterocycles. The van der Waals surface area contributed by atoms with E-state index in [-0.39, 0.29) is 17.7 Å². The van der Waals surface area contributed by atoms with Gasteiger partial charge >= 0.3 is 0 Å². The lowest BCUT2D eigenvalue weighted by molar-refractivity contribution is -0.123. The lowest BCUT2D eigenvalue weighted by Gasteiger charge is -2.34. The molecule has 2 aromatic carbocycles. The van der Waals surface area contributed by atoms with E-state index in [4.69, 9.17) is 4.42 Å². The molecule has 0 spiro atoms. The van der Waals surface area contributed by atoms with Gasteiger partial charge in [0.2, 0.25) is 5.91 Å². The van der Waals surface area contributed by atoms with Crippen molar-refractivity contribution >= 4 is 33.4 Å². The number of piperidine rings is 1. The van der Waals surface area contributed by atoms with E-state index in [1.165, 1.54) is 0 Å². The Morgan fingerprint density at radius 1 is 1.03 bits per heavy atom. The van der Waals surface area contributed by atoms with E-state index in [0.717, 1.165) is 21.5 Å². The summed E-state index contributed by atoms with van der Waals surface area (Å²) in [6.45, 7) is 3.58. The minimum absolute atomic E-state index is 0.0179. The van der Waals surface area contributed by atoms with Gasteiger partial charge in [0.1, 0.15) is 5.76 Å². The molecular formula is C25H25BrN2O3. The molecule has 1 fully saturated rings. The van der Waals surface area contributed by atoms with Crippen molar-refractivity contribution < 1.29 is 14.0 Å². The van der Waals surface area contributed by atoms with Crippen LogP contribution in [-0.4, -0.2) is 29.8 Å². The van der Waals surface area contributed by atoms with Crippen LogP contribution in [0.3, 0.4) is 0 Å². The fourth-order valence-electron chi connectivity index (χ4n) is 3.90. The molecule has 2 heterocycles. The molecule has 0 N–H and O–H groups in total. The summed E-state index contributed by atoms with van der Waals surface area (Å²) in [5.41, 5.74) is 2.68. The Morgan fingerprint density at radius 3 is 2.32 bits per heavy atom. The largest absolute Gasteiger partial charge is 0.467 e. The van der Waals surface area contributed by atoms with E-state index in [1.54, 1.807) is 11.2 Å². The van der Waals surface area contributed by atoms with E-state index in [0.29, 0.717) is 38.0 Å². The third kappa shape index (κ3) is 5.07. The zero-order valence-corrected chi connectivity index (χ0v) is 19.0. The van der Waals surface area contributed by atoms with Crippen molar-refractivity contribution in [2.75, 3.05) is 18.0 Å². The van der Waals surface area contributed by atoms with Crippen molar-refractivity contribution in [2.45, 2.75) is 26.3 Å². The average Bonchev–Trinajstić information content (AvgIpc) is 3.31. The van der Waals surface area contributed by atoms with Gasteiger partial charge < -0.3 is 14.2 Å². The highest BCUT2D eigenvalue weighted by molar-refractivity contribution is 9.10.